The number of hydrogen-bond donors (Lipinski definition) is 2. The Balaban J connectivity index is 1.86. The smallest absolute Gasteiger partial charge is 0.239 e. The first-order chi connectivity index (χ1) is 8.75. The first-order valence-electron chi connectivity index (χ1n) is 6.40. The Morgan fingerprint density at radius 2 is 2.39 bits per heavy atom. The van der Waals surface area contributed by atoms with E-state index < -0.39 is 0 Å². The fraction of sp³-hybridized carbons (Fsp3) is 0.538. The van der Waals surface area contributed by atoms with Crippen LogP contribution in [0.1, 0.15) is 12.0 Å². The lowest BCUT2D eigenvalue weighted by molar-refractivity contribution is -0.117. The fourth-order valence-corrected chi connectivity index (χ4v) is 2.05. The Kier molecular flexibility index (Phi) is 4.66. The number of aryl methyl sites for hydroxylation is 1. The average Bonchev–Trinajstić information content (AvgIpc) is 2.61. The molecule has 5 nitrogen and oxygen atoms in total. The summed E-state index contributed by atoms with van der Waals surface area (Å²) in [5, 5.41) is 6.19. The summed E-state index contributed by atoms with van der Waals surface area (Å²) < 4.78 is 0. The minimum Gasteiger partial charge on any atom is -0.315 e. The third-order valence-electron chi connectivity index (χ3n) is 3.07. The van der Waals surface area contributed by atoms with Crippen molar-refractivity contribution in [2.75, 3.05) is 38.0 Å². The zero-order valence-corrected chi connectivity index (χ0v) is 10.8. The number of nitrogens with one attached hydrogen (secondary N) is 2. The highest BCUT2D eigenvalue weighted by atomic mass is 16.2. The highest BCUT2D eigenvalue weighted by Crippen LogP contribution is 2.09. The van der Waals surface area contributed by atoms with Crippen LogP contribution in [0.4, 0.5) is 5.82 Å². The van der Waals surface area contributed by atoms with Crippen LogP contribution in [0.15, 0.2) is 18.3 Å². The van der Waals surface area contributed by atoms with Crippen LogP contribution in [-0.4, -0.2) is 48.5 Å². The van der Waals surface area contributed by atoms with E-state index in [1.807, 2.05) is 19.1 Å². The molecule has 2 heterocycles. The Hall–Kier alpha value is -1.46. The summed E-state index contributed by atoms with van der Waals surface area (Å²) in [7, 11) is 0. The maximum absolute atomic E-state index is 11.9. The highest BCUT2D eigenvalue weighted by molar-refractivity contribution is 5.91. The summed E-state index contributed by atoms with van der Waals surface area (Å²) in [6.07, 6.45) is 2.79. The van der Waals surface area contributed by atoms with Gasteiger partial charge in [0.1, 0.15) is 5.82 Å². The topological polar surface area (TPSA) is 57.3 Å². The number of amides is 1. The predicted molar refractivity (Wildman–Crippen MR) is 71.5 cm³/mol. The third kappa shape index (κ3) is 3.78. The van der Waals surface area contributed by atoms with Crippen molar-refractivity contribution in [1.29, 1.82) is 0 Å². The van der Waals surface area contributed by atoms with Crippen LogP contribution in [0, 0.1) is 6.92 Å². The molecule has 0 saturated carbocycles. The Bertz CT molecular complexity index is 400. The average molecular weight is 248 g/mol. The van der Waals surface area contributed by atoms with Crippen molar-refractivity contribution >= 4 is 11.7 Å². The van der Waals surface area contributed by atoms with Crippen molar-refractivity contribution in [2.45, 2.75) is 13.3 Å². The maximum atomic E-state index is 11.9. The number of carbonyl (C=O) groups excluding carboxylic acids is 1. The second-order valence-corrected chi connectivity index (χ2v) is 4.60. The number of hydrogen-bond acceptors (Lipinski definition) is 4. The molecule has 2 rings (SSSR count). The molecule has 0 unspecified atom stereocenters. The molecule has 18 heavy (non-hydrogen) atoms. The lowest BCUT2D eigenvalue weighted by Crippen LogP contribution is -2.35. The Labute approximate surface area is 108 Å². The number of rotatable bonds is 3. The molecule has 1 fully saturated rings. The van der Waals surface area contributed by atoms with Gasteiger partial charge in [0, 0.05) is 19.3 Å². The van der Waals surface area contributed by atoms with Crippen LogP contribution in [0.3, 0.4) is 0 Å². The quantitative estimate of drug-likeness (QED) is 0.823. The van der Waals surface area contributed by atoms with Crippen molar-refractivity contribution in [2.24, 2.45) is 0 Å². The van der Waals surface area contributed by atoms with E-state index in [0.29, 0.717) is 12.4 Å². The minimum atomic E-state index is 0.0127. The van der Waals surface area contributed by atoms with Crippen LogP contribution in [0.5, 0.6) is 0 Å². The molecule has 0 atom stereocenters. The zero-order valence-electron chi connectivity index (χ0n) is 10.8. The van der Waals surface area contributed by atoms with Gasteiger partial charge < -0.3 is 10.6 Å². The summed E-state index contributed by atoms with van der Waals surface area (Å²) in [4.78, 5) is 18.3. The lowest BCUT2D eigenvalue weighted by atomic mass is 10.3. The molecule has 5 heteroatoms. The van der Waals surface area contributed by atoms with E-state index in [0.717, 1.165) is 38.2 Å². The Morgan fingerprint density at radius 3 is 3.22 bits per heavy atom. The largest absolute Gasteiger partial charge is 0.315 e. The van der Waals surface area contributed by atoms with E-state index in [1.165, 1.54) is 0 Å². The Morgan fingerprint density at radius 1 is 1.50 bits per heavy atom. The van der Waals surface area contributed by atoms with Gasteiger partial charge in [-0.05, 0) is 38.1 Å². The van der Waals surface area contributed by atoms with Crippen LogP contribution in [0.25, 0.3) is 0 Å². The normalized spacial score (nSPS) is 17.2. The van der Waals surface area contributed by atoms with Crippen molar-refractivity contribution in [3.05, 3.63) is 23.9 Å². The number of pyridine rings is 1. The number of anilines is 1. The molecule has 98 valence electrons. The first kappa shape index (κ1) is 13.0. The third-order valence-corrected chi connectivity index (χ3v) is 3.07. The molecule has 1 aliphatic rings. The number of nitrogens with zero attached hydrogens (tertiary/aromatic N) is 2. The van der Waals surface area contributed by atoms with Crippen molar-refractivity contribution in [3.63, 3.8) is 0 Å². The lowest BCUT2D eigenvalue weighted by Gasteiger charge is -2.18. The second-order valence-electron chi connectivity index (χ2n) is 4.60. The van der Waals surface area contributed by atoms with Crippen molar-refractivity contribution in [3.8, 4) is 0 Å². The maximum Gasteiger partial charge on any atom is 0.239 e. The molecule has 1 aromatic rings. The molecule has 1 aromatic heterocycles. The van der Waals surface area contributed by atoms with Gasteiger partial charge in [-0.15, -0.1) is 0 Å². The van der Waals surface area contributed by atoms with Gasteiger partial charge in [-0.1, -0.05) is 6.07 Å². The molecular formula is C13H20N4O. The first-order valence-corrected chi connectivity index (χ1v) is 6.40. The summed E-state index contributed by atoms with van der Waals surface area (Å²) >= 11 is 0. The molecule has 2 N–H and O–H groups in total. The van der Waals surface area contributed by atoms with Crippen LogP contribution >= 0.6 is 0 Å². The van der Waals surface area contributed by atoms with Crippen molar-refractivity contribution in [1.82, 2.24) is 15.2 Å². The van der Waals surface area contributed by atoms with E-state index >= 15 is 0 Å². The fourth-order valence-electron chi connectivity index (χ4n) is 2.05. The van der Waals surface area contributed by atoms with Gasteiger partial charge in [0.25, 0.3) is 0 Å². The predicted octanol–water partition coefficient (Wildman–Crippen LogP) is 0.624. The van der Waals surface area contributed by atoms with E-state index in [-0.39, 0.29) is 5.91 Å². The van der Waals surface area contributed by atoms with Gasteiger partial charge in [-0.3, -0.25) is 9.69 Å². The van der Waals surface area contributed by atoms with Crippen LogP contribution in [-0.2, 0) is 4.79 Å². The van der Waals surface area contributed by atoms with Crippen LogP contribution < -0.4 is 10.6 Å². The van der Waals surface area contributed by atoms with Gasteiger partial charge >= 0.3 is 0 Å². The monoisotopic (exact) mass is 248 g/mol. The van der Waals surface area contributed by atoms with E-state index in [9.17, 15) is 4.79 Å². The van der Waals surface area contributed by atoms with Gasteiger partial charge in [0.15, 0.2) is 0 Å². The van der Waals surface area contributed by atoms with Crippen LogP contribution in [0.2, 0.25) is 0 Å². The van der Waals surface area contributed by atoms with E-state index in [1.54, 1.807) is 6.20 Å². The molecule has 1 saturated heterocycles. The molecule has 0 radical (unpaired) electrons. The van der Waals surface area contributed by atoms with Gasteiger partial charge in [-0.25, -0.2) is 4.98 Å². The van der Waals surface area contributed by atoms with Crippen molar-refractivity contribution < 1.29 is 4.79 Å². The van der Waals surface area contributed by atoms with E-state index in [2.05, 4.69) is 20.5 Å². The number of carbonyl (C=O) groups is 1. The SMILES string of the molecule is Cc1cccnc1NC(=O)CN1CCCNCC1. The van der Waals surface area contributed by atoms with E-state index in [4.69, 9.17) is 0 Å². The molecule has 0 aliphatic carbocycles. The van der Waals surface area contributed by atoms with Gasteiger partial charge in [0.2, 0.25) is 5.91 Å². The molecular weight excluding hydrogens is 228 g/mol. The molecule has 0 spiro atoms. The summed E-state index contributed by atoms with van der Waals surface area (Å²) in [6.45, 7) is 6.28. The summed E-state index contributed by atoms with van der Waals surface area (Å²) in [5.74, 6) is 0.675. The zero-order chi connectivity index (χ0) is 12.8. The molecule has 1 amide bonds. The second kappa shape index (κ2) is 6.47. The standard InChI is InChI=1S/C13H20N4O/c1-11-4-2-6-15-13(11)16-12(18)10-17-8-3-5-14-7-9-17/h2,4,6,14H,3,5,7-10H2,1H3,(H,15,16,18). The highest BCUT2D eigenvalue weighted by Gasteiger charge is 2.13. The van der Waals surface area contributed by atoms with Gasteiger partial charge in [0.05, 0.1) is 6.54 Å². The summed E-state index contributed by atoms with van der Waals surface area (Å²) in [6, 6.07) is 3.81. The molecule has 0 bridgehead atoms. The molecule has 1 aliphatic heterocycles. The minimum absolute atomic E-state index is 0.0127. The molecule has 0 aromatic carbocycles. The summed E-state index contributed by atoms with van der Waals surface area (Å²) in [5.41, 5.74) is 0.989. The van der Waals surface area contributed by atoms with Gasteiger partial charge in [-0.2, -0.15) is 0 Å². The number of aromatic nitrogens is 1.